The Morgan fingerprint density at radius 2 is 1.29 bits per heavy atom. The zero-order valence-electron chi connectivity index (χ0n) is 7.20. The van der Waals surface area contributed by atoms with E-state index in [-0.39, 0.29) is 12.6 Å². The Hall–Kier alpha value is -0.860. The monoisotopic (exact) mass is 208 g/mol. The zero-order chi connectivity index (χ0) is 11.4. The van der Waals surface area contributed by atoms with Gasteiger partial charge in [-0.25, -0.2) is 0 Å². The van der Waals surface area contributed by atoms with Gasteiger partial charge < -0.3 is 25.5 Å². The minimum atomic E-state index is -2.68. The average Bonchev–Trinajstić information content (AvgIpc) is 2.25. The summed E-state index contributed by atoms with van der Waals surface area (Å²) >= 11 is 0. The van der Waals surface area contributed by atoms with E-state index in [2.05, 4.69) is 0 Å². The van der Waals surface area contributed by atoms with E-state index in [1.165, 1.54) is 0 Å². The fourth-order valence-corrected chi connectivity index (χ4v) is 0.809. The molecular formula is C7H12O7. The van der Waals surface area contributed by atoms with Crippen LogP contribution in [-0.4, -0.2) is 68.6 Å². The summed E-state index contributed by atoms with van der Waals surface area (Å²) in [6.45, 7) is -2.37. The number of aldehydes is 2. The van der Waals surface area contributed by atoms with Crippen molar-refractivity contribution in [1.82, 2.24) is 0 Å². The third-order valence-electron chi connectivity index (χ3n) is 1.86. The second-order valence-corrected chi connectivity index (χ2v) is 2.94. The molecule has 0 aliphatic carbocycles. The minimum Gasteiger partial charge on any atom is -0.393 e. The van der Waals surface area contributed by atoms with Gasteiger partial charge in [0.15, 0.2) is 23.8 Å². The molecule has 0 fully saturated rings. The summed E-state index contributed by atoms with van der Waals surface area (Å²) in [6.07, 6.45) is -2.75. The van der Waals surface area contributed by atoms with Gasteiger partial charge in [0, 0.05) is 0 Å². The smallest absolute Gasteiger partial charge is 0.172 e. The van der Waals surface area contributed by atoms with Gasteiger partial charge in [0.1, 0.15) is 6.10 Å². The molecule has 0 amide bonds. The number of hydrogen-bond donors (Lipinski definition) is 5. The van der Waals surface area contributed by atoms with Crippen molar-refractivity contribution < 1.29 is 35.1 Å². The molecule has 0 heterocycles. The van der Waals surface area contributed by atoms with Gasteiger partial charge in [-0.15, -0.1) is 0 Å². The van der Waals surface area contributed by atoms with Gasteiger partial charge in [-0.05, 0) is 0 Å². The highest BCUT2D eigenvalue weighted by atomic mass is 16.4. The largest absolute Gasteiger partial charge is 0.393 e. The number of aliphatic hydroxyl groups excluding tert-OH is 3. The molecule has 0 bridgehead atoms. The molecule has 82 valence electrons. The van der Waals surface area contributed by atoms with Crippen LogP contribution in [0, 0.1) is 0 Å². The van der Waals surface area contributed by atoms with Crippen LogP contribution in [0.5, 0.6) is 0 Å². The van der Waals surface area contributed by atoms with Crippen molar-refractivity contribution in [3.05, 3.63) is 0 Å². The Morgan fingerprint density at radius 1 is 1.00 bits per heavy atom. The molecule has 0 spiro atoms. The Balaban J connectivity index is 4.98. The maximum atomic E-state index is 10.3. The molecule has 0 radical (unpaired) electrons. The number of carbonyl (C=O) groups excluding carboxylic acids is 2. The summed E-state index contributed by atoms with van der Waals surface area (Å²) < 4.78 is 0. The Labute approximate surface area is 79.2 Å². The van der Waals surface area contributed by atoms with Crippen molar-refractivity contribution in [3.8, 4) is 0 Å². The van der Waals surface area contributed by atoms with Crippen LogP contribution < -0.4 is 0 Å². The SMILES string of the molecule is O=C[C@@](O)(CO)C(O)[C@](O)(C=O)CO. The van der Waals surface area contributed by atoms with E-state index in [1.54, 1.807) is 0 Å². The zero-order valence-corrected chi connectivity index (χ0v) is 7.20. The van der Waals surface area contributed by atoms with Crippen molar-refractivity contribution in [2.24, 2.45) is 0 Å². The summed E-state index contributed by atoms with van der Waals surface area (Å²) in [6, 6.07) is 0. The van der Waals surface area contributed by atoms with Crippen LogP contribution in [0.1, 0.15) is 0 Å². The van der Waals surface area contributed by atoms with Gasteiger partial charge >= 0.3 is 0 Å². The summed E-state index contributed by atoms with van der Waals surface area (Å²) in [5.41, 5.74) is -5.36. The van der Waals surface area contributed by atoms with Gasteiger partial charge in [-0.2, -0.15) is 0 Å². The van der Waals surface area contributed by atoms with E-state index in [0.29, 0.717) is 0 Å². The van der Waals surface area contributed by atoms with E-state index in [0.717, 1.165) is 0 Å². The van der Waals surface area contributed by atoms with E-state index >= 15 is 0 Å². The highest BCUT2D eigenvalue weighted by molar-refractivity contribution is 5.70. The van der Waals surface area contributed by atoms with Crippen LogP contribution in [0.25, 0.3) is 0 Å². The number of rotatable bonds is 6. The van der Waals surface area contributed by atoms with Crippen molar-refractivity contribution in [2.75, 3.05) is 13.2 Å². The fraction of sp³-hybridized carbons (Fsp3) is 0.714. The van der Waals surface area contributed by atoms with Crippen LogP contribution in [0.4, 0.5) is 0 Å². The van der Waals surface area contributed by atoms with Crippen LogP contribution >= 0.6 is 0 Å². The first kappa shape index (κ1) is 13.1. The van der Waals surface area contributed by atoms with Crippen LogP contribution in [0.15, 0.2) is 0 Å². The third kappa shape index (κ3) is 2.14. The minimum absolute atomic E-state index is 0.220. The maximum Gasteiger partial charge on any atom is 0.172 e. The lowest BCUT2D eigenvalue weighted by Gasteiger charge is -2.33. The molecule has 0 aromatic rings. The lowest BCUT2D eigenvalue weighted by atomic mass is 9.86. The summed E-state index contributed by atoms with van der Waals surface area (Å²) in [7, 11) is 0. The maximum absolute atomic E-state index is 10.3. The first-order chi connectivity index (χ1) is 6.40. The molecule has 0 aliphatic heterocycles. The van der Waals surface area contributed by atoms with Gasteiger partial charge in [0.25, 0.3) is 0 Å². The molecule has 0 aromatic carbocycles. The number of carbonyl (C=O) groups is 2. The predicted octanol–water partition coefficient (Wildman–Crippen LogP) is -3.81. The lowest BCUT2D eigenvalue weighted by molar-refractivity contribution is -0.189. The van der Waals surface area contributed by atoms with Crippen molar-refractivity contribution in [1.29, 1.82) is 0 Å². The van der Waals surface area contributed by atoms with Crippen LogP contribution in [0.2, 0.25) is 0 Å². The van der Waals surface area contributed by atoms with Gasteiger partial charge in [0.2, 0.25) is 0 Å². The van der Waals surface area contributed by atoms with E-state index in [1.807, 2.05) is 0 Å². The molecule has 7 heteroatoms. The van der Waals surface area contributed by atoms with E-state index in [4.69, 9.17) is 10.2 Å². The molecule has 1 unspecified atom stereocenters. The van der Waals surface area contributed by atoms with Gasteiger partial charge in [0.05, 0.1) is 13.2 Å². The summed E-state index contributed by atoms with van der Waals surface area (Å²) in [5, 5.41) is 44.7. The summed E-state index contributed by atoms with van der Waals surface area (Å²) in [5.74, 6) is 0. The highest BCUT2D eigenvalue weighted by Crippen LogP contribution is 2.18. The Bertz CT molecular complexity index is 196. The first-order valence-corrected chi connectivity index (χ1v) is 3.67. The molecule has 0 rings (SSSR count). The van der Waals surface area contributed by atoms with Crippen LogP contribution in [-0.2, 0) is 9.59 Å². The van der Waals surface area contributed by atoms with Crippen molar-refractivity contribution in [3.63, 3.8) is 0 Å². The average molecular weight is 208 g/mol. The molecule has 0 saturated heterocycles. The van der Waals surface area contributed by atoms with E-state index in [9.17, 15) is 24.9 Å². The Kier molecular flexibility index (Phi) is 4.30. The second-order valence-electron chi connectivity index (χ2n) is 2.94. The molecule has 3 atom stereocenters. The second kappa shape index (κ2) is 4.58. The molecule has 0 saturated carbocycles. The van der Waals surface area contributed by atoms with Crippen LogP contribution in [0.3, 0.4) is 0 Å². The lowest BCUT2D eigenvalue weighted by Crippen LogP contribution is -2.62. The summed E-state index contributed by atoms with van der Waals surface area (Å²) in [4.78, 5) is 20.6. The van der Waals surface area contributed by atoms with Gasteiger partial charge in [-0.3, -0.25) is 9.59 Å². The van der Waals surface area contributed by atoms with Crippen molar-refractivity contribution >= 4 is 12.6 Å². The normalized spacial score (nSPS) is 21.8. The van der Waals surface area contributed by atoms with E-state index < -0.39 is 30.5 Å². The first-order valence-electron chi connectivity index (χ1n) is 3.67. The standard InChI is InChI=1S/C7H12O7/c8-1-6(13,2-9)5(12)7(14,3-10)4-11/h1,3,5,9,11-14H,2,4H2/t5?,6-,7+. The quantitative estimate of drug-likeness (QED) is 0.282. The predicted molar refractivity (Wildman–Crippen MR) is 42.2 cm³/mol. The molecule has 0 aromatic heterocycles. The molecule has 7 nitrogen and oxygen atoms in total. The fourth-order valence-electron chi connectivity index (χ4n) is 0.809. The molecular weight excluding hydrogens is 196 g/mol. The third-order valence-corrected chi connectivity index (χ3v) is 1.86. The number of aliphatic hydroxyl groups is 5. The molecule has 0 aliphatic rings. The Morgan fingerprint density at radius 3 is 1.43 bits per heavy atom. The highest BCUT2D eigenvalue weighted by Gasteiger charge is 2.48. The number of hydrogen-bond acceptors (Lipinski definition) is 7. The molecule has 14 heavy (non-hydrogen) atoms. The topological polar surface area (TPSA) is 135 Å². The van der Waals surface area contributed by atoms with Gasteiger partial charge in [-0.1, -0.05) is 0 Å². The molecule has 5 N–H and O–H groups in total. The van der Waals surface area contributed by atoms with Crippen molar-refractivity contribution in [2.45, 2.75) is 17.3 Å².